The fraction of sp³-hybridized carbons (Fsp3) is 0.357. The Labute approximate surface area is 150 Å². The third-order valence-electron chi connectivity index (χ3n) is 2.97. The van der Waals surface area contributed by atoms with Gasteiger partial charge in [-0.2, -0.15) is 0 Å². The number of carbonyl (C=O) groups excluding carboxylic acids is 2. The zero-order valence-electron chi connectivity index (χ0n) is 11.9. The Balaban J connectivity index is 2.18. The first kappa shape index (κ1) is 18.3. The molecule has 0 unspecified atom stereocenters. The topological polar surface area (TPSA) is 65.4 Å². The van der Waals surface area contributed by atoms with Crippen LogP contribution >= 0.6 is 46.1 Å². The normalized spacial score (nSPS) is 13.0. The highest BCUT2D eigenvalue weighted by Crippen LogP contribution is 2.34. The maximum Gasteiger partial charge on any atom is 0.326 e. The van der Waals surface area contributed by atoms with E-state index >= 15 is 0 Å². The van der Waals surface area contributed by atoms with Crippen molar-refractivity contribution < 1.29 is 14.3 Å². The van der Waals surface area contributed by atoms with Crippen LogP contribution in [0.5, 0.6) is 0 Å². The van der Waals surface area contributed by atoms with Gasteiger partial charge in [-0.25, -0.2) is 0 Å². The lowest BCUT2D eigenvalue weighted by Gasteiger charge is -2.23. The van der Waals surface area contributed by atoms with Gasteiger partial charge in [-0.15, -0.1) is 0 Å². The summed E-state index contributed by atoms with van der Waals surface area (Å²) in [6.07, 6.45) is -1.43. The SMILES string of the molecule is CC(=O)C[C@H](OC(=O)Cn1c(=O)sc2ccccc21)C(Cl)(Cl)Cl. The van der Waals surface area contributed by atoms with Crippen molar-refractivity contribution in [3.8, 4) is 0 Å². The molecule has 0 bridgehead atoms. The number of halogens is 3. The summed E-state index contributed by atoms with van der Waals surface area (Å²) in [5, 5.41) is 0. The molecule has 124 valence electrons. The van der Waals surface area contributed by atoms with Crippen molar-refractivity contribution in [2.45, 2.75) is 29.8 Å². The zero-order valence-corrected chi connectivity index (χ0v) is 15.0. The van der Waals surface area contributed by atoms with Crippen LogP contribution in [0.15, 0.2) is 29.1 Å². The van der Waals surface area contributed by atoms with Gasteiger partial charge in [0, 0.05) is 6.42 Å². The minimum atomic E-state index is -1.93. The monoisotopic (exact) mass is 395 g/mol. The molecule has 0 fully saturated rings. The van der Waals surface area contributed by atoms with E-state index in [1.165, 1.54) is 11.5 Å². The number of benzene rings is 1. The first-order valence-corrected chi connectivity index (χ1v) is 8.47. The standard InChI is InChI=1S/C14H12Cl3NO4S/c1-8(19)6-11(14(15,16)17)22-12(20)7-18-9-4-2-3-5-10(9)23-13(18)21/h2-5,11H,6-7H2,1H3/t11-/m0/s1. The summed E-state index contributed by atoms with van der Waals surface area (Å²) < 4.78 is 5.20. The molecule has 0 aliphatic carbocycles. The fourth-order valence-electron chi connectivity index (χ4n) is 1.97. The number of aromatic nitrogens is 1. The molecule has 1 aromatic heterocycles. The molecule has 0 aliphatic rings. The van der Waals surface area contributed by atoms with Gasteiger partial charge in [-0.05, 0) is 19.1 Å². The van der Waals surface area contributed by atoms with Gasteiger partial charge in [0.1, 0.15) is 12.3 Å². The second-order valence-electron chi connectivity index (χ2n) is 4.85. The summed E-state index contributed by atoms with van der Waals surface area (Å²) in [6, 6.07) is 7.06. The molecule has 1 heterocycles. The van der Waals surface area contributed by atoms with Gasteiger partial charge in [0.15, 0.2) is 6.10 Å². The predicted octanol–water partition coefficient (Wildman–Crippen LogP) is 3.32. The van der Waals surface area contributed by atoms with Crippen molar-refractivity contribution in [3.05, 3.63) is 33.9 Å². The van der Waals surface area contributed by atoms with E-state index in [-0.39, 0.29) is 23.6 Å². The van der Waals surface area contributed by atoms with E-state index in [2.05, 4.69) is 0 Å². The van der Waals surface area contributed by atoms with E-state index < -0.39 is 15.9 Å². The molecule has 2 aromatic rings. The first-order valence-electron chi connectivity index (χ1n) is 6.52. The third-order valence-corrected chi connectivity index (χ3v) is 4.66. The number of fused-ring (bicyclic) bond motifs is 1. The van der Waals surface area contributed by atoms with E-state index in [0.29, 0.717) is 5.52 Å². The summed E-state index contributed by atoms with van der Waals surface area (Å²) in [5.41, 5.74) is 0.622. The second-order valence-corrected chi connectivity index (χ2v) is 8.21. The lowest BCUT2D eigenvalue weighted by molar-refractivity contribution is -0.150. The molecule has 23 heavy (non-hydrogen) atoms. The van der Waals surface area contributed by atoms with Crippen LogP contribution in [0.2, 0.25) is 0 Å². The van der Waals surface area contributed by atoms with E-state index in [1.54, 1.807) is 24.3 Å². The molecule has 0 aliphatic heterocycles. The highest BCUT2D eigenvalue weighted by Gasteiger charge is 2.37. The maximum absolute atomic E-state index is 12.1. The molecule has 5 nitrogen and oxygen atoms in total. The number of nitrogens with zero attached hydrogens (tertiary/aromatic N) is 1. The number of hydrogen-bond acceptors (Lipinski definition) is 5. The Morgan fingerprint density at radius 3 is 2.57 bits per heavy atom. The Morgan fingerprint density at radius 1 is 1.30 bits per heavy atom. The number of esters is 1. The highest BCUT2D eigenvalue weighted by atomic mass is 35.6. The zero-order chi connectivity index (χ0) is 17.2. The van der Waals surface area contributed by atoms with Crippen molar-refractivity contribution in [2.24, 2.45) is 0 Å². The average Bonchev–Trinajstić information content (AvgIpc) is 2.73. The van der Waals surface area contributed by atoms with Crippen LogP contribution in [-0.4, -0.2) is 26.2 Å². The number of thiazole rings is 1. The molecule has 1 aromatic carbocycles. The summed E-state index contributed by atoms with van der Waals surface area (Å²) in [6.45, 7) is 0.978. The van der Waals surface area contributed by atoms with Gasteiger partial charge in [-0.1, -0.05) is 58.3 Å². The summed E-state index contributed by atoms with van der Waals surface area (Å²) >= 11 is 18.2. The fourth-order valence-corrected chi connectivity index (χ4v) is 3.23. The third kappa shape index (κ3) is 4.70. The highest BCUT2D eigenvalue weighted by molar-refractivity contribution is 7.16. The van der Waals surface area contributed by atoms with Crippen LogP contribution in [-0.2, 0) is 20.9 Å². The van der Waals surface area contributed by atoms with Crippen LogP contribution in [0.3, 0.4) is 0 Å². The smallest absolute Gasteiger partial charge is 0.326 e. The van der Waals surface area contributed by atoms with Crippen molar-refractivity contribution >= 4 is 68.1 Å². The van der Waals surface area contributed by atoms with Crippen molar-refractivity contribution in [1.29, 1.82) is 0 Å². The van der Waals surface area contributed by atoms with Gasteiger partial charge in [-0.3, -0.25) is 19.0 Å². The van der Waals surface area contributed by atoms with Crippen LogP contribution in [0.4, 0.5) is 0 Å². The number of carbonyl (C=O) groups is 2. The van der Waals surface area contributed by atoms with Gasteiger partial charge >= 0.3 is 10.8 Å². The van der Waals surface area contributed by atoms with E-state index in [1.807, 2.05) is 0 Å². The Morgan fingerprint density at radius 2 is 1.96 bits per heavy atom. The quantitative estimate of drug-likeness (QED) is 0.574. The minimum Gasteiger partial charge on any atom is -0.456 e. The van der Waals surface area contributed by atoms with Crippen LogP contribution in [0.1, 0.15) is 13.3 Å². The molecule has 9 heteroatoms. The Hall–Kier alpha value is -1.08. The lowest BCUT2D eigenvalue weighted by Crippen LogP contribution is -2.35. The van der Waals surface area contributed by atoms with Crippen molar-refractivity contribution in [1.82, 2.24) is 4.57 Å². The first-order chi connectivity index (χ1) is 10.7. The number of rotatable bonds is 5. The maximum atomic E-state index is 12.1. The lowest BCUT2D eigenvalue weighted by atomic mass is 10.2. The number of alkyl halides is 3. The van der Waals surface area contributed by atoms with Gasteiger partial charge in [0.2, 0.25) is 3.79 Å². The second kappa shape index (κ2) is 7.21. The largest absolute Gasteiger partial charge is 0.456 e. The number of ketones is 1. The van der Waals surface area contributed by atoms with E-state index in [9.17, 15) is 14.4 Å². The van der Waals surface area contributed by atoms with Crippen LogP contribution in [0, 0.1) is 0 Å². The number of Topliss-reactive ketones (excluding diaryl/α,β-unsaturated/α-hetero) is 1. The average molecular weight is 397 g/mol. The number of hydrogen-bond donors (Lipinski definition) is 0. The molecular formula is C14H12Cl3NO4S. The van der Waals surface area contributed by atoms with Crippen LogP contribution < -0.4 is 4.87 Å². The minimum absolute atomic E-state index is 0.221. The molecule has 0 amide bonds. The van der Waals surface area contributed by atoms with E-state index in [0.717, 1.165) is 16.0 Å². The molecule has 2 rings (SSSR count). The van der Waals surface area contributed by atoms with E-state index in [4.69, 9.17) is 39.5 Å². The number of para-hydroxylation sites is 1. The van der Waals surface area contributed by atoms with Crippen LogP contribution in [0.25, 0.3) is 10.2 Å². The molecular weight excluding hydrogens is 385 g/mol. The summed E-state index contributed by atoms with van der Waals surface area (Å²) in [7, 11) is 0. The summed E-state index contributed by atoms with van der Waals surface area (Å²) in [4.78, 5) is 35.0. The molecule has 1 atom stereocenters. The molecule has 0 spiro atoms. The molecule has 0 saturated heterocycles. The van der Waals surface area contributed by atoms with Gasteiger partial charge in [0.25, 0.3) is 0 Å². The summed E-state index contributed by atoms with van der Waals surface area (Å²) in [5.74, 6) is -1.04. The number of ether oxygens (including phenoxy) is 1. The molecule has 0 radical (unpaired) electrons. The Bertz CT molecular complexity index is 793. The predicted molar refractivity (Wildman–Crippen MR) is 91.6 cm³/mol. The van der Waals surface area contributed by atoms with Gasteiger partial charge < -0.3 is 4.74 Å². The molecule has 0 N–H and O–H groups in total. The Kier molecular flexibility index (Phi) is 5.73. The van der Waals surface area contributed by atoms with Crippen molar-refractivity contribution in [2.75, 3.05) is 0 Å². The van der Waals surface area contributed by atoms with Gasteiger partial charge in [0.05, 0.1) is 10.2 Å². The van der Waals surface area contributed by atoms with Crippen molar-refractivity contribution in [3.63, 3.8) is 0 Å². The molecule has 0 saturated carbocycles.